The van der Waals surface area contributed by atoms with Gasteiger partial charge in [-0.25, -0.2) is 0 Å². The topological polar surface area (TPSA) is 71.0 Å². The Morgan fingerprint density at radius 2 is 1.63 bits per heavy atom. The molecule has 0 radical (unpaired) electrons. The number of carbonyl (C=O) groups is 1. The predicted octanol–water partition coefficient (Wildman–Crippen LogP) is 4.66. The van der Waals surface area contributed by atoms with E-state index >= 15 is 0 Å². The third kappa shape index (κ3) is 3.43. The quantitative estimate of drug-likeness (QED) is 0.644. The van der Waals surface area contributed by atoms with Gasteiger partial charge < -0.3 is 28.8 Å². The number of carbonyl (C=O) groups excluding carboxylic acids is 1. The van der Waals surface area contributed by atoms with Crippen LogP contribution in [0.1, 0.15) is 30.1 Å². The van der Waals surface area contributed by atoms with E-state index in [4.69, 9.17) is 18.9 Å². The molecule has 0 unspecified atom stereocenters. The summed E-state index contributed by atoms with van der Waals surface area (Å²) in [5.41, 5.74) is 3.21. The Kier molecular flexibility index (Phi) is 4.71. The average molecular weight is 406 g/mol. The molecule has 1 aromatic heterocycles. The van der Waals surface area contributed by atoms with Crippen LogP contribution in [0.15, 0.2) is 48.7 Å². The number of unbranched alkanes of at least 4 members (excludes halogenated alkanes) is 1. The average Bonchev–Trinajstić information content (AvgIpc) is 3.50. The molecule has 1 amide bonds. The van der Waals surface area contributed by atoms with Crippen molar-refractivity contribution in [3.8, 4) is 34.3 Å². The maximum Gasteiger partial charge on any atom is 0.257 e. The van der Waals surface area contributed by atoms with Crippen LogP contribution >= 0.6 is 0 Å². The minimum Gasteiger partial charge on any atom is -0.454 e. The van der Waals surface area contributed by atoms with Gasteiger partial charge in [-0.2, -0.15) is 0 Å². The highest BCUT2D eigenvalue weighted by Crippen LogP contribution is 2.37. The summed E-state index contributed by atoms with van der Waals surface area (Å²) >= 11 is 0. The van der Waals surface area contributed by atoms with Crippen molar-refractivity contribution in [1.29, 1.82) is 0 Å². The number of hydrogen-bond donors (Lipinski definition) is 1. The first-order chi connectivity index (χ1) is 14.7. The van der Waals surface area contributed by atoms with E-state index in [1.807, 2.05) is 30.5 Å². The molecule has 0 saturated heterocycles. The molecule has 7 nitrogen and oxygen atoms in total. The van der Waals surface area contributed by atoms with Crippen molar-refractivity contribution in [1.82, 2.24) is 4.57 Å². The molecule has 5 rings (SSSR count). The maximum atomic E-state index is 12.9. The third-order valence-electron chi connectivity index (χ3n) is 5.21. The smallest absolute Gasteiger partial charge is 0.257 e. The van der Waals surface area contributed by atoms with Gasteiger partial charge in [0.25, 0.3) is 5.91 Å². The summed E-state index contributed by atoms with van der Waals surface area (Å²) in [5.74, 6) is 2.61. The third-order valence-corrected chi connectivity index (χ3v) is 5.21. The van der Waals surface area contributed by atoms with E-state index in [9.17, 15) is 4.79 Å². The van der Waals surface area contributed by atoms with Gasteiger partial charge in [0.1, 0.15) is 0 Å². The van der Waals surface area contributed by atoms with Gasteiger partial charge in [0.2, 0.25) is 13.6 Å². The molecule has 0 spiro atoms. The molecule has 0 atom stereocenters. The molecule has 0 fully saturated rings. The van der Waals surface area contributed by atoms with E-state index in [0.29, 0.717) is 22.7 Å². The lowest BCUT2D eigenvalue weighted by Gasteiger charge is -2.09. The number of rotatable bonds is 6. The molecule has 1 N–H and O–H groups in total. The molecule has 0 saturated carbocycles. The zero-order chi connectivity index (χ0) is 20.5. The summed E-state index contributed by atoms with van der Waals surface area (Å²) in [4.78, 5) is 12.9. The first-order valence-corrected chi connectivity index (χ1v) is 10.0. The Hall–Kier alpha value is -3.61. The summed E-state index contributed by atoms with van der Waals surface area (Å²) in [5, 5.41) is 2.95. The molecule has 0 bridgehead atoms. The fourth-order valence-corrected chi connectivity index (χ4v) is 3.63. The van der Waals surface area contributed by atoms with Crippen LogP contribution in [0, 0.1) is 0 Å². The zero-order valence-corrected chi connectivity index (χ0v) is 16.6. The van der Waals surface area contributed by atoms with Crippen molar-refractivity contribution in [3.05, 3.63) is 54.2 Å². The number of aryl methyl sites for hydroxylation is 1. The van der Waals surface area contributed by atoms with Gasteiger partial charge in [0.05, 0.1) is 5.56 Å². The van der Waals surface area contributed by atoms with Crippen molar-refractivity contribution in [3.63, 3.8) is 0 Å². The van der Waals surface area contributed by atoms with Crippen LogP contribution in [-0.2, 0) is 6.54 Å². The number of hydrogen-bond acceptors (Lipinski definition) is 5. The number of benzene rings is 2. The molecule has 7 heteroatoms. The summed E-state index contributed by atoms with van der Waals surface area (Å²) in [6, 6.07) is 13.1. The molecule has 30 heavy (non-hydrogen) atoms. The molecule has 3 heterocycles. The van der Waals surface area contributed by atoms with E-state index < -0.39 is 0 Å². The Morgan fingerprint density at radius 1 is 0.933 bits per heavy atom. The number of nitrogens with zero attached hydrogens (tertiary/aromatic N) is 1. The largest absolute Gasteiger partial charge is 0.454 e. The fraction of sp³-hybridized carbons (Fsp3) is 0.261. The Bertz CT molecular complexity index is 1100. The number of nitrogens with one attached hydrogen (secondary N) is 1. The van der Waals surface area contributed by atoms with E-state index in [1.165, 1.54) is 0 Å². The number of aromatic nitrogens is 1. The summed E-state index contributed by atoms with van der Waals surface area (Å²) in [7, 11) is 0. The summed E-state index contributed by atoms with van der Waals surface area (Å²) < 4.78 is 23.8. The number of amides is 1. The molecule has 2 aromatic carbocycles. The SMILES string of the molecule is CCCCn1cc(C(=O)Nc2ccc3c(c2)OCO3)cc1-c1ccc2c(c1)OCO2. The number of fused-ring (bicyclic) bond motifs is 2. The minimum atomic E-state index is -0.175. The first-order valence-electron chi connectivity index (χ1n) is 10.0. The van der Waals surface area contributed by atoms with Crippen molar-refractivity contribution in [2.75, 3.05) is 18.9 Å². The Labute approximate surface area is 174 Å². The highest BCUT2D eigenvalue weighted by Gasteiger charge is 2.19. The second kappa shape index (κ2) is 7.67. The molecule has 154 valence electrons. The van der Waals surface area contributed by atoms with Crippen LogP contribution < -0.4 is 24.3 Å². The van der Waals surface area contributed by atoms with Crippen molar-refractivity contribution in [2.24, 2.45) is 0 Å². The lowest BCUT2D eigenvalue weighted by molar-refractivity contribution is 0.102. The second-order valence-electron chi connectivity index (χ2n) is 7.25. The summed E-state index contributed by atoms with van der Waals surface area (Å²) in [6.45, 7) is 3.42. The second-order valence-corrected chi connectivity index (χ2v) is 7.25. The van der Waals surface area contributed by atoms with Crippen LogP contribution in [0.2, 0.25) is 0 Å². The van der Waals surface area contributed by atoms with E-state index in [-0.39, 0.29) is 19.5 Å². The van der Waals surface area contributed by atoms with Crippen molar-refractivity contribution < 1.29 is 23.7 Å². The molecule has 0 aliphatic carbocycles. The van der Waals surface area contributed by atoms with Crippen LogP contribution in [0.5, 0.6) is 23.0 Å². The summed E-state index contributed by atoms with van der Waals surface area (Å²) in [6.07, 6.45) is 3.99. The van der Waals surface area contributed by atoms with E-state index in [1.54, 1.807) is 18.2 Å². The highest BCUT2D eigenvalue weighted by atomic mass is 16.7. The number of anilines is 1. The standard InChI is InChI=1S/C23H22N2O5/c1-2-3-8-25-12-16(9-18(25)15-4-6-19-21(10-15)29-13-27-19)23(26)24-17-5-7-20-22(11-17)30-14-28-20/h4-7,9-12H,2-3,8,13-14H2,1H3,(H,24,26). The van der Waals surface area contributed by atoms with Crippen LogP contribution in [0.25, 0.3) is 11.3 Å². The van der Waals surface area contributed by atoms with Gasteiger partial charge >= 0.3 is 0 Å². The molecular weight excluding hydrogens is 384 g/mol. The number of ether oxygens (including phenoxy) is 4. The van der Waals surface area contributed by atoms with Crippen LogP contribution in [0.3, 0.4) is 0 Å². The van der Waals surface area contributed by atoms with Gasteiger partial charge in [-0.15, -0.1) is 0 Å². The highest BCUT2D eigenvalue weighted by molar-refractivity contribution is 6.05. The molecule has 2 aliphatic rings. The first kappa shape index (κ1) is 18.4. The normalized spacial score (nSPS) is 13.5. The van der Waals surface area contributed by atoms with Crippen molar-refractivity contribution in [2.45, 2.75) is 26.3 Å². The molecule has 2 aliphatic heterocycles. The molecule has 3 aromatic rings. The van der Waals surface area contributed by atoms with Crippen LogP contribution in [0.4, 0.5) is 5.69 Å². The Balaban J connectivity index is 1.43. The molecular formula is C23H22N2O5. The van der Waals surface area contributed by atoms with Gasteiger partial charge in [0, 0.05) is 35.8 Å². The van der Waals surface area contributed by atoms with Gasteiger partial charge in [0.15, 0.2) is 23.0 Å². The Morgan fingerprint density at radius 3 is 2.40 bits per heavy atom. The van der Waals surface area contributed by atoms with Crippen molar-refractivity contribution >= 4 is 11.6 Å². The maximum absolute atomic E-state index is 12.9. The zero-order valence-electron chi connectivity index (χ0n) is 16.6. The van der Waals surface area contributed by atoms with Gasteiger partial charge in [-0.3, -0.25) is 4.79 Å². The lowest BCUT2D eigenvalue weighted by Crippen LogP contribution is -2.11. The predicted molar refractivity (Wildman–Crippen MR) is 111 cm³/mol. The lowest BCUT2D eigenvalue weighted by atomic mass is 10.1. The van der Waals surface area contributed by atoms with Gasteiger partial charge in [-0.05, 0) is 42.8 Å². The van der Waals surface area contributed by atoms with E-state index in [0.717, 1.165) is 42.1 Å². The monoisotopic (exact) mass is 406 g/mol. The van der Waals surface area contributed by atoms with Crippen LogP contribution in [-0.4, -0.2) is 24.1 Å². The van der Waals surface area contributed by atoms with E-state index in [2.05, 4.69) is 16.8 Å². The fourth-order valence-electron chi connectivity index (χ4n) is 3.63. The van der Waals surface area contributed by atoms with Gasteiger partial charge in [-0.1, -0.05) is 13.3 Å². The minimum absolute atomic E-state index is 0.175.